The maximum absolute atomic E-state index is 11.2. The van der Waals surface area contributed by atoms with Crippen LogP contribution < -0.4 is 0 Å². The molecule has 0 spiro atoms. The third-order valence-corrected chi connectivity index (χ3v) is 3.42. The molecular weight excluding hydrogens is 254 g/mol. The van der Waals surface area contributed by atoms with E-state index in [0.717, 1.165) is 5.69 Å². The highest BCUT2D eigenvalue weighted by molar-refractivity contribution is 7.99. The number of carbonyl (C=O) groups excluding carboxylic acids is 1. The summed E-state index contributed by atoms with van der Waals surface area (Å²) < 4.78 is 4.57. The molecule has 0 radical (unpaired) electrons. The number of carboxylic acid groups (broad SMARTS) is 1. The van der Waals surface area contributed by atoms with Gasteiger partial charge in [0.25, 0.3) is 0 Å². The number of rotatable bonds is 6. The smallest absolute Gasteiger partial charge is 0.339 e. The van der Waals surface area contributed by atoms with Crippen LogP contribution in [-0.4, -0.2) is 34.4 Å². The number of aromatic nitrogens is 1. The second-order valence-corrected chi connectivity index (χ2v) is 5.18. The maximum Gasteiger partial charge on any atom is 0.339 e. The van der Waals surface area contributed by atoms with Gasteiger partial charge in [0.15, 0.2) is 0 Å². The Bertz CT molecular complexity index is 419. The molecule has 0 aliphatic heterocycles. The first-order valence-corrected chi connectivity index (χ1v) is 6.44. The largest absolute Gasteiger partial charge is 0.481 e. The molecule has 1 rings (SSSR count). The Morgan fingerprint density at radius 3 is 2.72 bits per heavy atom. The fourth-order valence-corrected chi connectivity index (χ4v) is 2.17. The van der Waals surface area contributed by atoms with E-state index >= 15 is 0 Å². The van der Waals surface area contributed by atoms with Crippen LogP contribution in [0.15, 0.2) is 18.3 Å². The number of nitrogens with zero attached hydrogens (tertiary/aromatic N) is 1. The molecule has 0 aromatic carbocycles. The molecule has 98 valence electrons. The zero-order chi connectivity index (χ0) is 13.5. The molecule has 1 heterocycles. The molecule has 0 fully saturated rings. The minimum Gasteiger partial charge on any atom is -0.481 e. The molecule has 0 aliphatic carbocycles. The van der Waals surface area contributed by atoms with E-state index in [1.165, 1.54) is 25.1 Å². The van der Waals surface area contributed by atoms with E-state index in [2.05, 4.69) is 9.72 Å². The number of pyridine rings is 1. The van der Waals surface area contributed by atoms with Crippen molar-refractivity contribution in [2.24, 2.45) is 0 Å². The second kappa shape index (κ2) is 7.00. The van der Waals surface area contributed by atoms with Crippen LogP contribution in [0.3, 0.4) is 0 Å². The number of thioether (sulfide) groups is 1. The van der Waals surface area contributed by atoms with Crippen LogP contribution in [0.1, 0.15) is 29.4 Å². The van der Waals surface area contributed by atoms with Gasteiger partial charge in [-0.2, -0.15) is 11.8 Å². The van der Waals surface area contributed by atoms with E-state index in [1.807, 2.05) is 6.92 Å². The van der Waals surface area contributed by atoms with E-state index < -0.39 is 11.9 Å². The molecule has 1 aromatic rings. The second-order valence-electron chi connectivity index (χ2n) is 3.75. The van der Waals surface area contributed by atoms with Gasteiger partial charge in [-0.15, -0.1) is 0 Å². The van der Waals surface area contributed by atoms with Gasteiger partial charge in [0.05, 0.1) is 24.8 Å². The van der Waals surface area contributed by atoms with Crippen LogP contribution >= 0.6 is 11.8 Å². The molecule has 1 aromatic heterocycles. The molecule has 0 aliphatic rings. The third kappa shape index (κ3) is 4.75. The summed E-state index contributed by atoms with van der Waals surface area (Å²) in [4.78, 5) is 25.8. The normalized spacial score (nSPS) is 11.9. The minimum atomic E-state index is -0.802. The van der Waals surface area contributed by atoms with Crippen LogP contribution in [0, 0.1) is 0 Å². The number of methoxy groups -OCH3 is 1. The maximum atomic E-state index is 11.2. The van der Waals surface area contributed by atoms with Crippen molar-refractivity contribution in [3.63, 3.8) is 0 Å². The van der Waals surface area contributed by atoms with Crippen molar-refractivity contribution >= 4 is 23.7 Å². The van der Waals surface area contributed by atoms with E-state index in [-0.39, 0.29) is 11.7 Å². The zero-order valence-corrected chi connectivity index (χ0v) is 11.1. The molecule has 0 saturated heterocycles. The van der Waals surface area contributed by atoms with E-state index in [0.29, 0.717) is 11.3 Å². The quantitative estimate of drug-likeness (QED) is 0.796. The van der Waals surface area contributed by atoms with Gasteiger partial charge >= 0.3 is 11.9 Å². The molecule has 0 saturated carbocycles. The topological polar surface area (TPSA) is 76.5 Å². The van der Waals surface area contributed by atoms with Gasteiger partial charge in [0, 0.05) is 17.2 Å². The summed E-state index contributed by atoms with van der Waals surface area (Å²) in [5.74, 6) is -0.597. The lowest BCUT2D eigenvalue weighted by molar-refractivity contribution is -0.136. The lowest BCUT2D eigenvalue weighted by atomic mass is 10.2. The summed E-state index contributed by atoms with van der Waals surface area (Å²) in [6.07, 6.45) is 1.59. The molecule has 6 heteroatoms. The third-order valence-electron chi connectivity index (χ3n) is 2.22. The van der Waals surface area contributed by atoms with Crippen LogP contribution in [0.2, 0.25) is 0 Å². The van der Waals surface area contributed by atoms with E-state index in [1.54, 1.807) is 12.1 Å². The molecular formula is C12H15NO4S. The van der Waals surface area contributed by atoms with Gasteiger partial charge in [-0.05, 0) is 12.1 Å². The van der Waals surface area contributed by atoms with Gasteiger partial charge in [-0.1, -0.05) is 6.92 Å². The summed E-state index contributed by atoms with van der Waals surface area (Å²) in [6, 6.07) is 3.39. The van der Waals surface area contributed by atoms with Crippen molar-refractivity contribution in [2.75, 3.05) is 7.11 Å². The Hall–Kier alpha value is -1.56. The number of esters is 1. The van der Waals surface area contributed by atoms with Crippen molar-refractivity contribution in [3.05, 3.63) is 29.6 Å². The standard InChI is InChI=1S/C12H15NO4S/c1-8(5-11(14)15)18-7-10-4-3-9(6-13-10)12(16)17-2/h3-4,6,8H,5,7H2,1-2H3,(H,14,15). The Balaban J connectivity index is 2.49. The van der Waals surface area contributed by atoms with Crippen molar-refractivity contribution in [1.82, 2.24) is 4.98 Å². The highest BCUT2D eigenvalue weighted by atomic mass is 32.2. The van der Waals surface area contributed by atoms with Gasteiger partial charge in [0.2, 0.25) is 0 Å². The Morgan fingerprint density at radius 1 is 1.50 bits per heavy atom. The average molecular weight is 269 g/mol. The fraction of sp³-hybridized carbons (Fsp3) is 0.417. The Kier molecular flexibility index (Phi) is 5.64. The molecule has 5 nitrogen and oxygen atoms in total. The lowest BCUT2D eigenvalue weighted by Gasteiger charge is -2.08. The van der Waals surface area contributed by atoms with Crippen LogP contribution in [0.4, 0.5) is 0 Å². The van der Waals surface area contributed by atoms with E-state index in [4.69, 9.17) is 5.11 Å². The molecule has 0 amide bonds. The monoisotopic (exact) mass is 269 g/mol. The van der Waals surface area contributed by atoms with Gasteiger partial charge in [-0.3, -0.25) is 9.78 Å². The molecule has 1 N–H and O–H groups in total. The first-order valence-electron chi connectivity index (χ1n) is 5.39. The number of aliphatic carboxylic acids is 1. The average Bonchev–Trinajstić information content (AvgIpc) is 2.35. The van der Waals surface area contributed by atoms with Gasteiger partial charge < -0.3 is 9.84 Å². The van der Waals surface area contributed by atoms with Crippen molar-refractivity contribution in [2.45, 2.75) is 24.3 Å². The van der Waals surface area contributed by atoms with Crippen LogP contribution in [0.25, 0.3) is 0 Å². The Morgan fingerprint density at radius 2 is 2.22 bits per heavy atom. The first-order chi connectivity index (χ1) is 8.52. The van der Waals surface area contributed by atoms with E-state index in [9.17, 15) is 9.59 Å². The zero-order valence-electron chi connectivity index (χ0n) is 10.3. The SMILES string of the molecule is COC(=O)c1ccc(CSC(C)CC(=O)O)nc1. The van der Waals surface area contributed by atoms with Crippen LogP contribution in [-0.2, 0) is 15.3 Å². The number of ether oxygens (including phenoxy) is 1. The first kappa shape index (κ1) is 14.5. The lowest BCUT2D eigenvalue weighted by Crippen LogP contribution is -2.06. The van der Waals surface area contributed by atoms with Crippen LogP contribution in [0.5, 0.6) is 0 Å². The van der Waals surface area contributed by atoms with Crippen molar-refractivity contribution < 1.29 is 19.4 Å². The molecule has 1 unspecified atom stereocenters. The Labute approximate surface area is 110 Å². The van der Waals surface area contributed by atoms with Crippen molar-refractivity contribution in [3.8, 4) is 0 Å². The van der Waals surface area contributed by atoms with Crippen molar-refractivity contribution in [1.29, 1.82) is 0 Å². The molecule has 0 bridgehead atoms. The highest BCUT2D eigenvalue weighted by Gasteiger charge is 2.09. The molecule has 18 heavy (non-hydrogen) atoms. The number of hydrogen-bond donors (Lipinski definition) is 1. The summed E-state index contributed by atoms with van der Waals surface area (Å²) in [7, 11) is 1.32. The fourth-order valence-electron chi connectivity index (χ4n) is 1.28. The number of carbonyl (C=O) groups is 2. The minimum absolute atomic E-state index is 0.0320. The summed E-state index contributed by atoms with van der Waals surface area (Å²) >= 11 is 1.52. The van der Waals surface area contributed by atoms with Gasteiger partial charge in [-0.25, -0.2) is 4.79 Å². The highest BCUT2D eigenvalue weighted by Crippen LogP contribution is 2.19. The predicted molar refractivity (Wildman–Crippen MR) is 68.6 cm³/mol. The van der Waals surface area contributed by atoms with Gasteiger partial charge in [0.1, 0.15) is 0 Å². The molecule has 1 atom stereocenters. The summed E-state index contributed by atoms with van der Waals surface area (Å²) in [5.41, 5.74) is 1.22. The number of hydrogen-bond acceptors (Lipinski definition) is 5. The summed E-state index contributed by atoms with van der Waals surface area (Å²) in [6.45, 7) is 1.86. The number of carboxylic acids is 1. The predicted octanol–water partition coefficient (Wildman–Crippen LogP) is 1.96. The summed E-state index contributed by atoms with van der Waals surface area (Å²) in [5, 5.41) is 8.66.